The van der Waals surface area contributed by atoms with Gasteiger partial charge in [-0.1, -0.05) is 12.1 Å². The first-order valence-corrected chi connectivity index (χ1v) is 9.88. The van der Waals surface area contributed by atoms with Crippen LogP contribution in [0.25, 0.3) is 0 Å². The van der Waals surface area contributed by atoms with E-state index in [1.807, 2.05) is 18.2 Å². The lowest BCUT2D eigenvalue weighted by Gasteiger charge is -2.26. The van der Waals surface area contributed by atoms with Crippen LogP contribution in [0, 0.1) is 0 Å². The number of morpholine rings is 1. The first kappa shape index (κ1) is 18.6. The van der Waals surface area contributed by atoms with E-state index in [-0.39, 0.29) is 11.7 Å². The van der Waals surface area contributed by atoms with Crippen LogP contribution in [-0.4, -0.2) is 64.4 Å². The van der Waals surface area contributed by atoms with Crippen molar-refractivity contribution in [2.45, 2.75) is 13.0 Å². The van der Waals surface area contributed by atoms with Gasteiger partial charge in [0.1, 0.15) is 5.75 Å². The van der Waals surface area contributed by atoms with E-state index in [4.69, 9.17) is 15.2 Å². The number of nitrogens with one attached hydrogen (secondary N) is 1. The zero-order valence-electron chi connectivity index (χ0n) is 14.4. The minimum Gasteiger partial charge on any atom is -0.494 e. The van der Waals surface area contributed by atoms with Crippen LogP contribution < -0.4 is 15.8 Å². The van der Waals surface area contributed by atoms with Crippen LogP contribution in [0.4, 0.5) is 0 Å². The molecular weight excluding hydrogens is 358 g/mol. The van der Waals surface area contributed by atoms with Crippen LogP contribution in [0.3, 0.4) is 0 Å². The number of hydrogen-bond acceptors (Lipinski definition) is 7. The average molecular weight is 381 g/mol. The molecule has 1 fully saturated rings. The van der Waals surface area contributed by atoms with Gasteiger partial charge in [0.05, 0.1) is 19.8 Å². The zero-order chi connectivity index (χ0) is 18.4. The fourth-order valence-electron chi connectivity index (χ4n) is 2.69. The fourth-order valence-corrected chi connectivity index (χ4v) is 3.46. The summed E-state index contributed by atoms with van der Waals surface area (Å²) in [6.07, 6.45) is 0.667. The predicted molar refractivity (Wildman–Crippen MR) is 98.6 cm³/mol. The Kier molecular flexibility index (Phi) is 6.07. The van der Waals surface area contributed by atoms with E-state index in [1.165, 1.54) is 5.56 Å². The summed E-state index contributed by atoms with van der Waals surface area (Å²) in [4.78, 5) is 2.36. The van der Waals surface area contributed by atoms with Crippen molar-refractivity contribution in [1.29, 1.82) is 0 Å². The van der Waals surface area contributed by atoms with Crippen molar-refractivity contribution in [3.05, 3.63) is 29.8 Å². The third-order valence-corrected chi connectivity index (χ3v) is 4.79. The van der Waals surface area contributed by atoms with Crippen molar-refractivity contribution in [2.75, 3.05) is 39.5 Å². The van der Waals surface area contributed by atoms with Crippen LogP contribution >= 0.6 is 0 Å². The molecule has 0 aliphatic carbocycles. The van der Waals surface area contributed by atoms with Gasteiger partial charge in [-0.15, -0.1) is 8.80 Å². The van der Waals surface area contributed by atoms with Crippen LogP contribution in [0.2, 0.25) is 0 Å². The summed E-state index contributed by atoms with van der Waals surface area (Å²) in [5, 5.41) is 2.86. The number of amidine groups is 2. The maximum atomic E-state index is 11.2. The van der Waals surface area contributed by atoms with Crippen LogP contribution in [0.1, 0.15) is 12.0 Å². The third-order valence-electron chi connectivity index (χ3n) is 3.95. The lowest BCUT2D eigenvalue weighted by Crippen LogP contribution is -2.35. The van der Waals surface area contributed by atoms with Gasteiger partial charge >= 0.3 is 10.2 Å². The molecule has 1 aromatic rings. The highest BCUT2D eigenvalue weighted by Crippen LogP contribution is 2.16. The predicted octanol–water partition coefficient (Wildman–Crippen LogP) is -0.109. The Labute approximate surface area is 153 Å². The molecule has 0 spiro atoms. The smallest absolute Gasteiger partial charge is 0.367 e. The normalized spacial score (nSPS) is 19.7. The van der Waals surface area contributed by atoms with Crippen molar-refractivity contribution in [3.63, 3.8) is 0 Å². The van der Waals surface area contributed by atoms with Crippen molar-refractivity contribution in [1.82, 2.24) is 10.2 Å². The molecule has 0 aromatic heterocycles. The molecule has 0 unspecified atom stereocenters. The van der Waals surface area contributed by atoms with E-state index < -0.39 is 10.2 Å². The highest BCUT2D eigenvalue weighted by Gasteiger charge is 2.20. The monoisotopic (exact) mass is 381 g/mol. The Balaban J connectivity index is 1.40. The number of nitrogens with zero attached hydrogens (tertiary/aromatic N) is 3. The summed E-state index contributed by atoms with van der Waals surface area (Å²) in [6.45, 7) is 5.32. The van der Waals surface area contributed by atoms with Crippen molar-refractivity contribution < 1.29 is 17.9 Å². The van der Waals surface area contributed by atoms with E-state index in [9.17, 15) is 8.42 Å². The van der Waals surface area contributed by atoms with Gasteiger partial charge in [-0.2, -0.15) is 8.42 Å². The number of hydrogen-bond donors (Lipinski definition) is 2. The number of rotatable bonds is 7. The first-order valence-electron chi connectivity index (χ1n) is 8.48. The largest absolute Gasteiger partial charge is 0.494 e. The van der Waals surface area contributed by atoms with Crippen LogP contribution in [-0.2, 0) is 21.5 Å². The highest BCUT2D eigenvalue weighted by molar-refractivity contribution is 7.89. The number of nitrogens with two attached hydrogens (primary N) is 1. The van der Waals surface area contributed by atoms with Gasteiger partial charge in [-0.05, 0) is 24.1 Å². The second kappa shape index (κ2) is 8.47. The molecule has 1 saturated heterocycles. The van der Waals surface area contributed by atoms with Gasteiger partial charge < -0.3 is 20.5 Å². The minimum atomic E-state index is -3.80. The topological polar surface area (TPSA) is 119 Å². The Morgan fingerprint density at radius 3 is 2.81 bits per heavy atom. The summed E-state index contributed by atoms with van der Waals surface area (Å²) in [7, 11) is -3.80. The highest BCUT2D eigenvalue weighted by atomic mass is 32.2. The molecule has 0 bridgehead atoms. The molecule has 0 atom stereocenters. The van der Waals surface area contributed by atoms with Crippen molar-refractivity contribution >= 4 is 21.9 Å². The summed E-state index contributed by atoms with van der Waals surface area (Å²) in [6, 6.07) is 8.04. The van der Waals surface area contributed by atoms with E-state index in [0.29, 0.717) is 19.6 Å². The molecule has 3 rings (SSSR count). The van der Waals surface area contributed by atoms with E-state index in [1.54, 1.807) is 0 Å². The van der Waals surface area contributed by atoms with Gasteiger partial charge in [-0.25, -0.2) is 0 Å². The van der Waals surface area contributed by atoms with Gasteiger partial charge in [0.2, 0.25) is 0 Å². The SMILES string of the molecule is NC1=NS(=O)(=O)N=C1NCCCOc1cccc(CN2CCOCC2)c1. The number of ether oxygens (including phenoxy) is 2. The Morgan fingerprint density at radius 2 is 2.08 bits per heavy atom. The molecule has 26 heavy (non-hydrogen) atoms. The molecule has 1 aromatic carbocycles. The van der Waals surface area contributed by atoms with Gasteiger partial charge in [-0.3, -0.25) is 4.90 Å². The first-order chi connectivity index (χ1) is 12.5. The molecule has 3 N–H and O–H groups in total. The maximum absolute atomic E-state index is 11.2. The molecule has 10 heteroatoms. The van der Waals surface area contributed by atoms with Crippen molar-refractivity contribution in [2.24, 2.45) is 14.5 Å². The standard InChI is InChI=1S/C16H23N5O4S/c17-15-16(20-26(22,23)19-15)18-5-2-8-25-14-4-1-3-13(11-14)12-21-6-9-24-10-7-21/h1,3-4,11H,2,5-10,12H2,(H2,17,19)(H,18,20). The molecule has 2 aliphatic rings. The summed E-state index contributed by atoms with van der Waals surface area (Å²) in [5.41, 5.74) is 6.69. The maximum Gasteiger partial charge on any atom is 0.367 e. The number of benzene rings is 1. The minimum absolute atomic E-state index is 0.0949. The van der Waals surface area contributed by atoms with Gasteiger partial charge in [0, 0.05) is 26.2 Å². The van der Waals surface area contributed by atoms with E-state index in [0.717, 1.165) is 38.6 Å². The van der Waals surface area contributed by atoms with Crippen LogP contribution in [0.15, 0.2) is 33.1 Å². The second-order valence-electron chi connectivity index (χ2n) is 6.03. The van der Waals surface area contributed by atoms with Crippen molar-refractivity contribution in [3.8, 4) is 5.75 Å². The molecule has 9 nitrogen and oxygen atoms in total. The quantitative estimate of drug-likeness (QED) is 0.633. The lowest BCUT2D eigenvalue weighted by atomic mass is 10.2. The molecular formula is C16H23N5O4S. The molecule has 0 saturated carbocycles. The molecule has 0 amide bonds. The van der Waals surface area contributed by atoms with Crippen LogP contribution in [0.5, 0.6) is 5.75 Å². The summed E-state index contributed by atoms with van der Waals surface area (Å²) in [5.74, 6) is 0.803. The summed E-state index contributed by atoms with van der Waals surface area (Å²) >= 11 is 0. The molecule has 2 aliphatic heterocycles. The zero-order valence-corrected chi connectivity index (χ0v) is 15.2. The second-order valence-corrected chi connectivity index (χ2v) is 7.29. The molecule has 2 heterocycles. The van der Waals surface area contributed by atoms with Gasteiger partial charge in [0.15, 0.2) is 11.7 Å². The molecule has 142 valence electrons. The van der Waals surface area contributed by atoms with E-state index in [2.05, 4.69) is 25.1 Å². The average Bonchev–Trinajstić information content (AvgIpc) is 2.88. The summed E-state index contributed by atoms with van der Waals surface area (Å²) < 4.78 is 40.2. The Morgan fingerprint density at radius 1 is 1.27 bits per heavy atom. The van der Waals surface area contributed by atoms with E-state index >= 15 is 0 Å². The Hall–Kier alpha value is -2.17. The fraction of sp³-hybridized carbons (Fsp3) is 0.500. The van der Waals surface area contributed by atoms with Gasteiger partial charge in [0.25, 0.3) is 0 Å². The third kappa shape index (κ3) is 5.41. The molecule has 0 radical (unpaired) electrons. The Bertz CT molecular complexity index is 788. The lowest BCUT2D eigenvalue weighted by molar-refractivity contribution is 0.0341.